The average molecular weight is 338 g/mol. The van der Waals surface area contributed by atoms with Gasteiger partial charge in [-0.1, -0.05) is 32.3 Å². The fraction of sp³-hybridized carbons (Fsp3) is 0.556. The van der Waals surface area contributed by atoms with Crippen LogP contribution in [0.2, 0.25) is 0 Å². The predicted octanol–water partition coefficient (Wildman–Crippen LogP) is 3.51. The maximum absolute atomic E-state index is 11.9. The predicted molar refractivity (Wildman–Crippen MR) is 89.5 cm³/mol. The molecule has 6 nitrogen and oxygen atoms in total. The number of carbonyl (C=O) groups is 2. The Kier molecular flexibility index (Phi) is 9.34. The van der Waals surface area contributed by atoms with Gasteiger partial charge in [0, 0.05) is 0 Å². The first-order chi connectivity index (χ1) is 11.6. The summed E-state index contributed by atoms with van der Waals surface area (Å²) in [6.07, 6.45) is 4.08. The molecule has 0 N–H and O–H groups in total. The summed E-state index contributed by atoms with van der Waals surface area (Å²) in [6.45, 7) is 2.52. The average Bonchev–Trinajstić information content (AvgIpc) is 2.60. The molecule has 0 aromatic heterocycles. The van der Waals surface area contributed by atoms with Crippen LogP contribution in [0.4, 0.5) is 0 Å². The minimum atomic E-state index is -0.541. The lowest BCUT2D eigenvalue weighted by atomic mass is 10.2. The third kappa shape index (κ3) is 6.89. The number of carbonyl (C=O) groups excluding carboxylic acids is 2. The van der Waals surface area contributed by atoms with Gasteiger partial charge in [0.15, 0.2) is 11.5 Å². The minimum Gasteiger partial charge on any atom is -0.493 e. The molecule has 0 spiro atoms. The third-order valence-corrected chi connectivity index (χ3v) is 3.39. The van der Waals surface area contributed by atoms with Gasteiger partial charge in [-0.25, -0.2) is 0 Å². The van der Waals surface area contributed by atoms with Gasteiger partial charge in [0.05, 0.1) is 33.7 Å². The van der Waals surface area contributed by atoms with Gasteiger partial charge in [-0.2, -0.15) is 0 Å². The molecule has 1 rings (SSSR count). The number of benzene rings is 1. The molecule has 0 unspecified atom stereocenters. The van der Waals surface area contributed by atoms with Gasteiger partial charge in [-0.05, 0) is 18.6 Å². The second kappa shape index (κ2) is 11.3. The maximum Gasteiger partial charge on any atom is 0.312 e. The van der Waals surface area contributed by atoms with Crippen LogP contribution >= 0.6 is 0 Å². The highest BCUT2D eigenvalue weighted by Gasteiger charge is 2.16. The van der Waals surface area contributed by atoms with Crippen molar-refractivity contribution in [3.63, 3.8) is 0 Å². The van der Waals surface area contributed by atoms with Crippen molar-refractivity contribution in [2.75, 3.05) is 20.8 Å². The zero-order valence-electron chi connectivity index (χ0n) is 14.6. The number of hydrogen-bond donors (Lipinski definition) is 0. The van der Waals surface area contributed by atoms with Gasteiger partial charge in [0.1, 0.15) is 0 Å². The Morgan fingerprint density at radius 1 is 0.917 bits per heavy atom. The number of unbranched alkanes of at least 4 members (excludes halogenated alkanes) is 3. The molecular weight excluding hydrogens is 312 g/mol. The van der Waals surface area contributed by atoms with Crippen molar-refractivity contribution >= 4 is 11.9 Å². The first kappa shape index (κ1) is 19.8. The summed E-state index contributed by atoms with van der Waals surface area (Å²) in [7, 11) is 2.95. The summed E-state index contributed by atoms with van der Waals surface area (Å²) in [4.78, 5) is 23.5. The third-order valence-electron chi connectivity index (χ3n) is 3.39. The van der Waals surface area contributed by atoms with E-state index in [0.717, 1.165) is 25.7 Å². The molecule has 6 heteroatoms. The van der Waals surface area contributed by atoms with Gasteiger partial charge >= 0.3 is 11.9 Å². The Morgan fingerprint density at radius 3 is 2.12 bits per heavy atom. The normalized spacial score (nSPS) is 10.1. The van der Waals surface area contributed by atoms with Crippen LogP contribution in [0.5, 0.6) is 17.2 Å². The van der Waals surface area contributed by atoms with Crippen LogP contribution in [0.1, 0.15) is 45.4 Å². The Hall–Kier alpha value is -2.24. The highest BCUT2D eigenvalue weighted by atomic mass is 16.6. The van der Waals surface area contributed by atoms with E-state index in [4.69, 9.17) is 18.9 Å². The number of para-hydroxylation sites is 1. The summed E-state index contributed by atoms with van der Waals surface area (Å²) in [5.74, 6) is 0.0546. The minimum absolute atomic E-state index is 0.00985. The highest BCUT2D eigenvalue weighted by molar-refractivity contribution is 5.80. The molecule has 0 aliphatic rings. The van der Waals surface area contributed by atoms with E-state index in [1.165, 1.54) is 14.2 Å². The molecule has 0 aliphatic carbocycles. The molecule has 1 aromatic carbocycles. The highest BCUT2D eigenvalue weighted by Crippen LogP contribution is 2.36. The topological polar surface area (TPSA) is 71.1 Å². The first-order valence-corrected chi connectivity index (χ1v) is 8.19. The Morgan fingerprint density at radius 2 is 1.54 bits per heavy atom. The second-order valence-electron chi connectivity index (χ2n) is 5.25. The second-order valence-corrected chi connectivity index (χ2v) is 5.25. The van der Waals surface area contributed by atoms with E-state index in [-0.39, 0.29) is 18.6 Å². The van der Waals surface area contributed by atoms with Crippen LogP contribution in [0, 0.1) is 0 Å². The molecule has 0 atom stereocenters. The van der Waals surface area contributed by atoms with E-state index in [1.54, 1.807) is 18.2 Å². The number of rotatable bonds is 11. The van der Waals surface area contributed by atoms with E-state index >= 15 is 0 Å². The van der Waals surface area contributed by atoms with Crippen molar-refractivity contribution in [3.05, 3.63) is 18.2 Å². The molecule has 134 valence electrons. The summed E-state index contributed by atoms with van der Waals surface area (Å²) in [5, 5.41) is 0. The Balaban J connectivity index is 2.40. The van der Waals surface area contributed by atoms with Gasteiger partial charge < -0.3 is 18.9 Å². The number of esters is 2. The number of methoxy groups -OCH3 is 2. The van der Waals surface area contributed by atoms with Crippen molar-refractivity contribution in [2.24, 2.45) is 0 Å². The zero-order valence-corrected chi connectivity index (χ0v) is 14.6. The smallest absolute Gasteiger partial charge is 0.312 e. The lowest BCUT2D eigenvalue weighted by molar-refractivity contribution is -0.147. The fourth-order valence-electron chi connectivity index (χ4n) is 2.07. The van der Waals surface area contributed by atoms with E-state index < -0.39 is 11.9 Å². The van der Waals surface area contributed by atoms with Gasteiger partial charge in [0.2, 0.25) is 5.75 Å². The van der Waals surface area contributed by atoms with E-state index in [0.29, 0.717) is 18.1 Å². The summed E-state index contributed by atoms with van der Waals surface area (Å²) >= 11 is 0. The fourth-order valence-corrected chi connectivity index (χ4v) is 2.07. The van der Waals surface area contributed by atoms with Crippen LogP contribution in [0.3, 0.4) is 0 Å². The standard InChI is InChI=1S/C18H26O6/c1-4-5-6-7-13-23-16(19)11-12-17(20)24-18-14(21-2)9-8-10-15(18)22-3/h8-10H,4-7,11-13H2,1-3H3. The molecule has 0 radical (unpaired) electrons. The van der Waals surface area contributed by atoms with E-state index in [2.05, 4.69) is 6.92 Å². The quantitative estimate of drug-likeness (QED) is 0.349. The molecule has 24 heavy (non-hydrogen) atoms. The van der Waals surface area contributed by atoms with Crippen molar-refractivity contribution < 1.29 is 28.5 Å². The van der Waals surface area contributed by atoms with Crippen molar-refractivity contribution in [3.8, 4) is 17.2 Å². The van der Waals surface area contributed by atoms with Crippen LogP contribution in [-0.4, -0.2) is 32.8 Å². The Bertz CT molecular complexity index is 504. The first-order valence-electron chi connectivity index (χ1n) is 8.19. The number of hydrogen-bond acceptors (Lipinski definition) is 6. The van der Waals surface area contributed by atoms with Crippen LogP contribution in [0.15, 0.2) is 18.2 Å². The molecule has 0 saturated carbocycles. The monoisotopic (exact) mass is 338 g/mol. The zero-order chi connectivity index (χ0) is 17.8. The molecule has 1 aromatic rings. The van der Waals surface area contributed by atoms with Crippen molar-refractivity contribution in [1.29, 1.82) is 0 Å². The summed E-state index contributed by atoms with van der Waals surface area (Å²) in [6, 6.07) is 5.05. The van der Waals surface area contributed by atoms with Gasteiger partial charge in [-0.3, -0.25) is 9.59 Å². The molecule has 0 heterocycles. The molecule has 0 aliphatic heterocycles. The van der Waals surface area contributed by atoms with Crippen molar-refractivity contribution in [2.45, 2.75) is 45.4 Å². The van der Waals surface area contributed by atoms with Crippen molar-refractivity contribution in [1.82, 2.24) is 0 Å². The maximum atomic E-state index is 11.9. The molecule has 0 fully saturated rings. The lowest BCUT2D eigenvalue weighted by Crippen LogP contribution is -2.13. The van der Waals surface area contributed by atoms with Gasteiger partial charge in [0.25, 0.3) is 0 Å². The van der Waals surface area contributed by atoms with E-state index in [1.807, 2.05) is 0 Å². The summed E-state index contributed by atoms with van der Waals surface area (Å²) in [5.41, 5.74) is 0. The SMILES string of the molecule is CCCCCCOC(=O)CCC(=O)Oc1c(OC)cccc1OC. The molecule has 0 saturated heterocycles. The van der Waals surface area contributed by atoms with Gasteiger partial charge in [-0.15, -0.1) is 0 Å². The molecular formula is C18H26O6. The summed E-state index contributed by atoms with van der Waals surface area (Å²) < 4.78 is 20.7. The Labute approximate surface area is 143 Å². The van der Waals surface area contributed by atoms with Crippen LogP contribution < -0.4 is 14.2 Å². The largest absolute Gasteiger partial charge is 0.493 e. The number of ether oxygens (including phenoxy) is 4. The lowest BCUT2D eigenvalue weighted by Gasteiger charge is -2.12. The molecule has 0 amide bonds. The molecule has 0 bridgehead atoms. The van der Waals surface area contributed by atoms with E-state index in [9.17, 15) is 9.59 Å². The van der Waals surface area contributed by atoms with Crippen LogP contribution in [0.25, 0.3) is 0 Å². The van der Waals surface area contributed by atoms with Crippen LogP contribution in [-0.2, 0) is 14.3 Å².